The predicted molar refractivity (Wildman–Crippen MR) is 88.1 cm³/mol. The Hall–Kier alpha value is -1.81. The van der Waals surface area contributed by atoms with Crippen molar-refractivity contribution in [3.63, 3.8) is 0 Å². The Kier molecular flexibility index (Phi) is 5.86. The zero-order chi connectivity index (χ0) is 19.7. The van der Waals surface area contributed by atoms with Gasteiger partial charge in [0.05, 0.1) is 18.8 Å². The number of rotatable bonds is 2. The molecule has 1 N–H and O–H groups in total. The summed E-state index contributed by atoms with van der Waals surface area (Å²) in [6.07, 6.45) is -4.59. The zero-order valence-corrected chi connectivity index (χ0v) is 15.3. The molecule has 26 heavy (non-hydrogen) atoms. The minimum absolute atomic E-state index is 0.0301. The molecule has 7 nitrogen and oxygen atoms in total. The second-order valence-electron chi connectivity index (χ2n) is 6.82. The molecule has 146 valence electrons. The largest absolute Gasteiger partial charge is 0.444 e. The summed E-state index contributed by atoms with van der Waals surface area (Å²) in [6.45, 7) is 5.43. The summed E-state index contributed by atoms with van der Waals surface area (Å²) in [5, 5.41) is 9.22. The number of piperazine rings is 1. The summed E-state index contributed by atoms with van der Waals surface area (Å²) >= 11 is 5.87. The number of carbonyl (C=O) groups excluding carboxylic acids is 1. The van der Waals surface area contributed by atoms with Gasteiger partial charge in [0.2, 0.25) is 0 Å². The number of amides is 1. The number of halogens is 4. The molecule has 1 aromatic heterocycles. The van der Waals surface area contributed by atoms with Gasteiger partial charge in [-0.2, -0.15) is 13.2 Å². The highest BCUT2D eigenvalue weighted by molar-refractivity contribution is 6.31. The molecular weight excluding hydrogens is 377 g/mol. The van der Waals surface area contributed by atoms with E-state index < -0.39 is 34.8 Å². The normalized spacial score (nSPS) is 18.8. The molecule has 1 fully saturated rings. The van der Waals surface area contributed by atoms with Gasteiger partial charge >= 0.3 is 12.3 Å². The SMILES string of the molecule is CC(C)(C)OC(=O)N1CCN(c2ncc(C(F)(F)F)nc2Cl)[C@H](CO)C1. The number of alkyl halides is 3. The summed E-state index contributed by atoms with van der Waals surface area (Å²) in [7, 11) is 0. The molecule has 1 atom stereocenters. The first-order valence-corrected chi connectivity index (χ1v) is 8.25. The third kappa shape index (κ3) is 4.88. The van der Waals surface area contributed by atoms with Crippen LogP contribution in [0.2, 0.25) is 5.15 Å². The number of hydrogen-bond acceptors (Lipinski definition) is 6. The Balaban J connectivity index is 2.16. The summed E-state index contributed by atoms with van der Waals surface area (Å²) < 4.78 is 43.4. The van der Waals surface area contributed by atoms with Crippen LogP contribution in [0.4, 0.5) is 23.8 Å². The fourth-order valence-electron chi connectivity index (χ4n) is 2.47. The summed E-state index contributed by atoms with van der Waals surface area (Å²) in [4.78, 5) is 22.2. The van der Waals surface area contributed by atoms with Gasteiger partial charge in [-0.3, -0.25) is 0 Å². The van der Waals surface area contributed by atoms with Gasteiger partial charge in [-0.1, -0.05) is 11.6 Å². The molecule has 0 radical (unpaired) electrons. The van der Waals surface area contributed by atoms with Crippen molar-refractivity contribution in [3.05, 3.63) is 17.0 Å². The minimum atomic E-state index is -4.65. The van der Waals surface area contributed by atoms with Crippen LogP contribution in [-0.2, 0) is 10.9 Å². The van der Waals surface area contributed by atoms with Crippen molar-refractivity contribution in [1.82, 2.24) is 14.9 Å². The topological polar surface area (TPSA) is 78.8 Å². The number of hydrogen-bond donors (Lipinski definition) is 1. The Bertz CT molecular complexity index is 667. The lowest BCUT2D eigenvalue weighted by Gasteiger charge is -2.41. The fourth-order valence-corrected chi connectivity index (χ4v) is 2.72. The molecule has 11 heteroatoms. The van der Waals surface area contributed by atoms with Crippen LogP contribution in [0, 0.1) is 0 Å². The van der Waals surface area contributed by atoms with Gasteiger partial charge < -0.3 is 19.6 Å². The smallest absolute Gasteiger partial charge is 0.434 e. The molecule has 1 aliphatic rings. The molecule has 2 heterocycles. The zero-order valence-electron chi connectivity index (χ0n) is 14.5. The predicted octanol–water partition coefficient (Wildman–Crippen LogP) is 2.57. The van der Waals surface area contributed by atoms with Gasteiger partial charge in [0.1, 0.15) is 5.60 Å². The molecule has 1 saturated heterocycles. The van der Waals surface area contributed by atoms with Gasteiger partial charge in [-0.05, 0) is 20.8 Å². The molecule has 0 aliphatic carbocycles. The van der Waals surface area contributed by atoms with E-state index in [4.69, 9.17) is 16.3 Å². The lowest BCUT2D eigenvalue weighted by molar-refractivity contribution is -0.141. The number of nitrogens with zero attached hydrogens (tertiary/aromatic N) is 4. The first-order chi connectivity index (χ1) is 11.9. The summed E-state index contributed by atoms with van der Waals surface area (Å²) in [5.74, 6) is 0.0301. The molecule has 2 rings (SSSR count). The molecule has 0 bridgehead atoms. The van der Waals surface area contributed by atoms with E-state index in [1.807, 2.05) is 0 Å². The third-order valence-electron chi connectivity index (χ3n) is 3.62. The van der Waals surface area contributed by atoms with Crippen molar-refractivity contribution in [3.8, 4) is 0 Å². The molecule has 0 spiro atoms. The molecular formula is C15H20ClF3N4O3. The van der Waals surface area contributed by atoms with E-state index in [0.29, 0.717) is 6.20 Å². The van der Waals surface area contributed by atoms with Gasteiger partial charge in [0, 0.05) is 19.6 Å². The molecule has 1 aromatic rings. The summed E-state index contributed by atoms with van der Waals surface area (Å²) in [5.41, 5.74) is -1.86. The molecule has 1 aliphatic heterocycles. The average molecular weight is 397 g/mol. The molecule has 0 aromatic carbocycles. The van der Waals surface area contributed by atoms with Crippen LogP contribution < -0.4 is 4.90 Å². The van der Waals surface area contributed by atoms with E-state index in [2.05, 4.69) is 9.97 Å². The Morgan fingerprint density at radius 3 is 2.54 bits per heavy atom. The quantitative estimate of drug-likeness (QED) is 0.827. The fraction of sp³-hybridized carbons (Fsp3) is 0.667. The maximum absolute atomic E-state index is 12.7. The second kappa shape index (κ2) is 7.43. The lowest BCUT2D eigenvalue weighted by Crippen LogP contribution is -2.57. The number of aliphatic hydroxyl groups is 1. The maximum atomic E-state index is 12.7. The van der Waals surface area contributed by atoms with Crippen molar-refractivity contribution in [2.45, 2.75) is 38.6 Å². The van der Waals surface area contributed by atoms with Crippen molar-refractivity contribution >= 4 is 23.5 Å². The van der Waals surface area contributed by atoms with Crippen molar-refractivity contribution in [2.75, 3.05) is 31.1 Å². The van der Waals surface area contributed by atoms with E-state index in [-0.39, 0.29) is 32.1 Å². The molecule has 0 unspecified atom stereocenters. The van der Waals surface area contributed by atoms with Gasteiger partial charge in [-0.25, -0.2) is 14.8 Å². The first kappa shape index (κ1) is 20.5. The lowest BCUT2D eigenvalue weighted by atomic mass is 10.1. The molecule has 1 amide bonds. The van der Waals surface area contributed by atoms with Crippen molar-refractivity contribution in [2.24, 2.45) is 0 Å². The number of ether oxygens (including phenoxy) is 1. The van der Waals surface area contributed by atoms with E-state index in [9.17, 15) is 23.1 Å². The number of carbonyl (C=O) groups is 1. The summed E-state index contributed by atoms with van der Waals surface area (Å²) in [6, 6.07) is -0.597. The van der Waals surface area contributed by atoms with Crippen LogP contribution in [0.15, 0.2) is 6.20 Å². The average Bonchev–Trinajstić information content (AvgIpc) is 2.51. The van der Waals surface area contributed by atoms with Crippen LogP contribution in [-0.4, -0.2) is 64.0 Å². The number of aromatic nitrogens is 2. The van der Waals surface area contributed by atoms with Crippen LogP contribution in [0.3, 0.4) is 0 Å². The Morgan fingerprint density at radius 1 is 1.38 bits per heavy atom. The van der Waals surface area contributed by atoms with Gasteiger partial charge in [-0.15, -0.1) is 0 Å². The van der Waals surface area contributed by atoms with Crippen LogP contribution in [0.1, 0.15) is 26.5 Å². The van der Waals surface area contributed by atoms with E-state index in [0.717, 1.165) is 0 Å². The monoisotopic (exact) mass is 396 g/mol. The second-order valence-corrected chi connectivity index (χ2v) is 7.18. The van der Waals surface area contributed by atoms with Crippen molar-refractivity contribution in [1.29, 1.82) is 0 Å². The first-order valence-electron chi connectivity index (χ1n) is 7.87. The Morgan fingerprint density at radius 2 is 2.04 bits per heavy atom. The highest BCUT2D eigenvalue weighted by Gasteiger charge is 2.36. The van der Waals surface area contributed by atoms with Crippen molar-refractivity contribution < 1.29 is 27.8 Å². The van der Waals surface area contributed by atoms with Gasteiger partial charge in [0.15, 0.2) is 16.7 Å². The maximum Gasteiger partial charge on any atom is 0.434 e. The van der Waals surface area contributed by atoms with Crippen LogP contribution in [0.25, 0.3) is 0 Å². The van der Waals surface area contributed by atoms with Crippen LogP contribution in [0.5, 0.6) is 0 Å². The van der Waals surface area contributed by atoms with E-state index in [1.165, 1.54) is 9.80 Å². The van der Waals surface area contributed by atoms with Gasteiger partial charge in [0.25, 0.3) is 0 Å². The van der Waals surface area contributed by atoms with Crippen LogP contribution >= 0.6 is 11.6 Å². The van der Waals surface area contributed by atoms with E-state index in [1.54, 1.807) is 20.8 Å². The molecule has 0 saturated carbocycles. The standard InChI is InChI=1S/C15H20ClF3N4O3/c1-14(2,3)26-13(25)22-4-5-23(9(7-22)8-24)12-11(16)21-10(6-20-12)15(17,18)19/h6,9,24H,4-5,7-8H2,1-3H3/t9-/m0/s1. The number of aliphatic hydroxyl groups excluding tert-OH is 1. The Labute approximate surface area is 153 Å². The third-order valence-corrected chi connectivity index (χ3v) is 3.87. The highest BCUT2D eigenvalue weighted by atomic mass is 35.5. The minimum Gasteiger partial charge on any atom is -0.444 e. The number of anilines is 1. The van der Waals surface area contributed by atoms with E-state index >= 15 is 0 Å². The highest BCUT2D eigenvalue weighted by Crippen LogP contribution is 2.32.